The molecule has 1 aliphatic carbocycles. The molecule has 2 N–H and O–H groups in total. The van der Waals surface area contributed by atoms with Gasteiger partial charge < -0.3 is 10.6 Å². The maximum absolute atomic E-state index is 12.1. The van der Waals surface area contributed by atoms with Gasteiger partial charge in [0, 0.05) is 24.7 Å². The van der Waals surface area contributed by atoms with Crippen LogP contribution in [0.2, 0.25) is 0 Å². The van der Waals surface area contributed by atoms with Gasteiger partial charge in [-0.2, -0.15) is 5.10 Å². The number of aryl methyl sites for hydroxylation is 1. The second-order valence-corrected chi connectivity index (χ2v) is 5.75. The van der Waals surface area contributed by atoms with E-state index in [0.29, 0.717) is 12.3 Å². The van der Waals surface area contributed by atoms with Gasteiger partial charge in [0.2, 0.25) is 5.91 Å². The van der Waals surface area contributed by atoms with Crippen LogP contribution in [0.5, 0.6) is 0 Å². The Labute approximate surface area is 113 Å². The normalized spacial score (nSPS) is 26.2. The molecule has 19 heavy (non-hydrogen) atoms. The Morgan fingerprint density at radius 2 is 2.47 bits per heavy atom. The molecule has 0 radical (unpaired) electrons. The molecule has 2 atom stereocenters. The lowest BCUT2D eigenvalue weighted by atomic mass is 9.92. The fraction of sp³-hybridized carbons (Fsp3) is 0.714. The Morgan fingerprint density at radius 3 is 3.26 bits per heavy atom. The molecule has 3 rings (SSSR count). The van der Waals surface area contributed by atoms with Crippen molar-refractivity contribution in [3.8, 4) is 0 Å². The summed E-state index contributed by atoms with van der Waals surface area (Å²) in [6.07, 6.45) is 6.92. The third-order valence-electron chi connectivity index (χ3n) is 4.35. The highest BCUT2D eigenvalue weighted by molar-refractivity contribution is 5.76. The maximum atomic E-state index is 12.1. The van der Waals surface area contributed by atoms with E-state index in [2.05, 4.69) is 15.7 Å². The average Bonchev–Trinajstić information content (AvgIpc) is 3.01. The summed E-state index contributed by atoms with van der Waals surface area (Å²) >= 11 is 0. The number of carbonyl (C=O) groups excluding carboxylic acids is 1. The Hall–Kier alpha value is -1.36. The molecule has 1 fully saturated rings. The van der Waals surface area contributed by atoms with E-state index in [1.807, 2.05) is 17.9 Å². The summed E-state index contributed by atoms with van der Waals surface area (Å²) in [5.74, 6) is 0.701. The van der Waals surface area contributed by atoms with Crippen molar-refractivity contribution in [1.82, 2.24) is 20.4 Å². The summed E-state index contributed by atoms with van der Waals surface area (Å²) in [5.41, 5.74) is 2.49. The number of nitrogens with one attached hydrogen (secondary N) is 2. The number of nitrogens with zero attached hydrogens (tertiary/aromatic N) is 2. The molecule has 0 bridgehead atoms. The average molecular weight is 262 g/mol. The van der Waals surface area contributed by atoms with Crippen molar-refractivity contribution in [3.63, 3.8) is 0 Å². The first-order chi connectivity index (χ1) is 9.24. The van der Waals surface area contributed by atoms with Gasteiger partial charge in [0.1, 0.15) is 0 Å². The molecule has 0 spiro atoms. The molecule has 2 aliphatic rings. The molecule has 2 unspecified atom stereocenters. The highest BCUT2D eigenvalue weighted by Crippen LogP contribution is 2.29. The van der Waals surface area contributed by atoms with Crippen LogP contribution in [0.25, 0.3) is 0 Å². The van der Waals surface area contributed by atoms with Gasteiger partial charge in [0.15, 0.2) is 0 Å². The molecule has 0 saturated carbocycles. The quantitative estimate of drug-likeness (QED) is 0.851. The number of amides is 1. The standard InChI is InChI=1S/C14H22N4O/c1-18-13-4-2-3-12(11(13)9-16-18)17-14(19)7-10-5-6-15-8-10/h9-10,12,15H,2-8H2,1H3,(H,17,19). The first-order valence-electron chi connectivity index (χ1n) is 7.25. The van der Waals surface area contributed by atoms with Gasteiger partial charge in [0.05, 0.1) is 12.2 Å². The predicted octanol–water partition coefficient (Wildman–Crippen LogP) is 0.913. The van der Waals surface area contributed by atoms with Crippen molar-refractivity contribution in [1.29, 1.82) is 0 Å². The summed E-state index contributed by atoms with van der Waals surface area (Å²) < 4.78 is 1.94. The molecule has 2 heterocycles. The maximum Gasteiger partial charge on any atom is 0.220 e. The predicted molar refractivity (Wildman–Crippen MR) is 72.6 cm³/mol. The van der Waals surface area contributed by atoms with E-state index < -0.39 is 0 Å². The molecule has 1 aromatic rings. The van der Waals surface area contributed by atoms with E-state index in [0.717, 1.165) is 38.8 Å². The van der Waals surface area contributed by atoms with Crippen LogP contribution in [0.1, 0.15) is 43.0 Å². The molecule has 5 nitrogen and oxygen atoms in total. The fourth-order valence-corrected chi connectivity index (χ4v) is 3.26. The van der Waals surface area contributed by atoms with Gasteiger partial charge in [-0.3, -0.25) is 9.48 Å². The summed E-state index contributed by atoms with van der Waals surface area (Å²) in [7, 11) is 1.98. The van der Waals surface area contributed by atoms with Crippen LogP contribution in [0, 0.1) is 5.92 Å². The summed E-state index contributed by atoms with van der Waals surface area (Å²) in [4.78, 5) is 12.1. The zero-order valence-corrected chi connectivity index (χ0v) is 11.5. The van der Waals surface area contributed by atoms with Crippen LogP contribution in [-0.2, 0) is 18.3 Å². The minimum absolute atomic E-state index is 0.166. The third kappa shape index (κ3) is 2.66. The molecular formula is C14H22N4O. The number of fused-ring (bicyclic) bond motifs is 1. The lowest BCUT2D eigenvalue weighted by Crippen LogP contribution is -2.32. The van der Waals surface area contributed by atoms with Gasteiger partial charge in [-0.05, 0) is 44.7 Å². The van der Waals surface area contributed by atoms with Gasteiger partial charge in [-0.25, -0.2) is 0 Å². The topological polar surface area (TPSA) is 59.0 Å². The van der Waals surface area contributed by atoms with E-state index >= 15 is 0 Å². The van der Waals surface area contributed by atoms with Crippen molar-refractivity contribution in [2.24, 2.45) is 13.0 Å². The first kappa shape index (κ1) is 12.7. The highest BCUT2D eigenvalue weighted by atomic mass is 16.1. The van der Waals surface area contributed by atoms with Gasteiger partial charge >= 0.3 is 0 Å². The zero-order valence-electron chi connectivity index (χ0n) is 11.5. The second-order valence-electron chi connectivity index (χ2n) is 5.75. The van der Waals surface area contributed by atoms with Gasteiger partial charge in [0.25, 0.3) is 0 Å². The minimum Gasteiger partial charge on any atom is -0.349 e. The molecule has 0 aromatic carbocycles. The van der Waals surface area contributed by atoms with E-state index in [1.165, 1.54) is 11.3 Å². The van der Waals surface area contributed by atoms with Crippen LogP contribution in [0.3, 0.4) is 0 Å². The van der Waals surface area contributed by atoms with Crippen molar-refractivity contribution >= 4 is 5.91 Å². The van der Waals surface area contributed by atoms with Crippen LogP contribution >= 0.6 is 0 Å². The monoisotopic (exact) mass is 262 g/mol. The second kappa shape index (κ2) is 5.33. The molecule has 5 heteroatoms. The van der Waals surface area contributed by atoms with Crippen LogP contribution < -0.4 is 10.6 Å². The van der Waals surface area contributed by atoms with Crippen molar-refractivity contribution in [2.45, 2.75) is 38.1 Å². The number of hydrogen-bond donors (Lipinski definition) is 2. The Kier molecular flexibility index (Phi) is 3.55. The van der Waals surface area contributed by atoms with Crippen molar-refractivity contribution in [2.75, 3.05) is 13.1 Å². The van der Waals surface area contributed by atoms with E-state index in [-0.39, 0.29) is 11.9 Å². The first-order valence-corrected chi connectivity index (χ1v) is 7.25. The molecule has 104 valence electrons. The Bertz CT molecular complexity index is 462. The summed E-state index contributed by atoms with van der Waals surface area (Å²) in [5, 5.41) is 10.8. The molecule has 1 aromatic heterocycles. The number of rotatable bonds is 3. The smallest absolute Gasteiger partial charge is 0.220 e. The van der Waals surface area contributed by atoms with Crippen molar-refractivity contribution < 1.29 is 4.79 Å². The lowest BCUT2D eigenvalue weighted by molar-refractivity contribution is -0.122. The molecule has 1 amide bonds. The van der Waals surface area contributed by atoms with E-state index in [1.54, 1.807) is 0 Å². The zero-order chi connectivity index (χ0) is 13.2. The van der Waals surface area contributed by atoms with Crippen molar-refractivity contribution in [3.05, 3.63) is 17.5 Å². The number of aromatic nitrogens is 2. The highest BCUT2D eigenvalue weighted by Gasteiger charge is 2.26. The van der Waals surface area contributed by atoms with Gasteiger partial charge in [-0.15, -0.1) is 0 Å². The molecule has 1 aliphatic heterocycles. The Morgan fingerprint density at radius 1 is 1.58 bits per heavy atom. The lowest BCUT2D eigenvalue weighted by Gasteiger charge is -2.24. The third-order valence-corrected chi connectivity index (χ3v) is 4.35. The fourth-order valence-electron chi connectivity index (χ4n) is 3.26. The summed E-state index contributed by atoms with van der Waals surface area (Å²) in [6, 6.07) is 0.166. The Balaban J connectivity index is 1.62. The van der Waals surface area contributed by atoms with Gasteiger partial charge in [-0.1, -0.05) is 0 Å². The largest absolute Gasteiger partial charge is 0.349 e. The molecule has 1 saturated heterocycles. The van der Waals surface area contributed by atoms with Crippen LogP contribution in [0.4, 0.5) is 0 Å². The number of carbonyl (C=O) groups is 1. The van der Waals surface area contributed by atoms with E-state index in [4.69, 9.17) is 0 Å². The SMILES string of the molecule is Cn1ncc2c1CCCC2NC(=O)CC1CCNC1. The summed E-state index contributed by atoms with van der Waals surface area (Å²) in [6.45, 7) is 2.03. The molecular weight excluding hydrogens is 240 g/mol. The van der Waals surface area contributed by atoms with E-state index in [9.17, 15) is 4.79 Å². The van der Waals surface area contributed by atoms with Crippen LogP contribution in [0.15, 0.2) is 6.20 Å². The minimum atomic E-state index is 0.166. The van der Waals surface area contributed by atoms with Crippen LogP contribution in [-0.4, -0.2) is 28.8 Å². The number of hydrogen-bond acceptors (Lipinski definition) is 3.